The van der Waals surface area contributed by atoms with Crippen LogP contribution in [0.2, 0.25) is 0 Å². The van der Waals surface area contributed by atoms with Gasteiger partial charge in [0.2, 0.25) is 17.8 Å². The molecule has 0 radical (unpaired) electrons. The fourth-order valence-corrected chi connectivity index (χ4v) is 4.88. The molecule has 5 rings (SSSR count). The molecule has 1 heterocycles. The third kappa shape index (κ3) is 12.4. The van der Waals surface area contributed by atoms with Crippen molar-refractivity contribution >= 4 is 40.8 Å². The highest BCUT2D eigenvalue weighted by Gasteiger charge is 2.09. The summed E-state index contributed by atoms with van der Waals surface area (Å²) in [5, 5.41) is 25.7. The first-order chi connectivity index (χ1) is 25.1. The smallest absolute Gasteiger partial charge is 0.251 e. The van der Waals surface area contributed by atoms with Gasteiger partial charge >= 0.3 is 0 Å². The summed E-state index contributed by atoms with van der Waals surface area (Å²) in [5.74, 6) is 1.07. The summed E-state index contributed by atoms with van der Waals surface area (Å²) < 4.78 is 11.3. The third-order valence-corrected chi connectivity index (χ3v) is 7.41. The first-order valence-electron chi connectivity index (χ1n) is 17.0. The predicted molar refractivity (Wildman–Crippen MR) is 201 cm³/mol. The van der Waals surface area contributed by atoms with Gasteiger partial charge in [-0.3, -0.25) is 4.79 Å². The van der Waals surface area contributed by atoms with Crippen molar-refractivity contribution in [2.45, 2.75) is 19.9 Å². The Kier molecular flexibility index (Phi) is 14.1. The number of aromatic hydroxyl groups is 1. The Morgan fingerprint density at radius 2 is 1.22 bits per heavy atom. The third-order valence-electron chi connectivity index (χ3n) is 7.41. The summed E-state index contributed by atoms with van der Waals surface area (Å²) in [7, 11) is 0. The van der Waals surface area contributed by atoms with E-state index in [9.17, 15) is 9.90 Å². The zero-order chi connectivity index (χ0) is 35.5. The molecular formula is C39H44N8O4. The molecule has 1 amide bonds. The number of ether oxygens (including phenoxy) is 2. The van der Waals surface area contributed by atoms with Crippen molar-refractivity contribution in [1.29, 1.82) is 0 Å². The fraction of sp³-hybridized carbons (Fsp3) is 0.231. The second kappa shape index (κ2) is 19.9. The van der Waals surface area contributed by atoms with Crippen molar-refractivity contribution in [3.05, 3.63) is 132 Å². The summed E-state index contributed by atoms with van der Waals surface area (Å²) in [6, 6.07) is 34.1. The second-order valence-corrected chi connectivity index (χ2v) is 11.3. The van der Waals surface area contributed by atoms with E-state index in [0.29, 0.717) is 68.6 Å². The minimum absolute atomic E-state index is 0.126. The van der Waals surface area contributed by atoms with Crippen molar-refractivity contribution in [3.63, 3.8) is 0 Å². The molecule has 0 aliphatic heterocycles. The lowest BCUT2D eigenvalue weighted by Gasteiger charge is -2.14. The van der Waals surface area contributed by atoms with E-state index >= 15 is 0 Å². The lowest BCUT2D eigenvalue weighted by atomic mass is 10.1. The van der Waals surface area contributed by atoms with Gasteiger partial charge in [0, 0.05) is 42.3 Å². The van der Waals surface area contributed by atoms with Crippen LogP contribution < -0.4 is 26.6 Å². The average Bonchev–Trinajstić information content (AvgIpc) is 3.16. The average molecular weight is 689 g/mol. The van der Waals surface area contributed by atoms with Gasteiger partial charge in [-0.1, -0.05) is 73.7 Å². The SMILES string of the molecule is CC/C=C(\NCc1ccccc1)c1ccc(Nc2nc(NCCOCCOCCNC(=O)c3ccccc3)nc(Nc3ccc(O)cc3)n2)cc1. The van der Waals surface area contributed by atoms with Crippen molar-refractivity contribution in [1.82, 2.24) is 25.6 Å². The number of hydrogen-bond acceptors (Lipinski definition) is 11. The summed E-state index contributed by atoms with van der Waals surface area (Å²) >= 11 is 0. The maximum absolute atomic E-state index is 12.1. The standard InChI is InChI=1S/C39H44N8O4/c1-2-9-35(42-28-29-10-5-3-6-11-29)30-14-16-32(17-15-30)43-38-45-37(46-39(47-38)44-33-18-20-34(48)21-19-33)41-23-25-51-27-26-50-24-22-40-36(49)31-12-7-4-8-13-31/h3-21,42,48H,2,22-28H2,1H3,(H,40,49)(H3,41,43,44,45,46,47)/b35-9-. The minimum atomic E-state index is -0.126. The number of benzene rings is 4. The van der Waals surface area contributed by atoms with Crippen LogP contribution in [-0.4, -0.2) is 65.5 Å². The summed E-state index contributed by atoms with van der Waals surface area (Å²) in [5.41, 5.74) is 5.50. The molecule has 0 spiro atoms. The van der Waals surface area contributed by atoms with Crippen LogP contribution in [0.5, 0.6) is 5.75 Å². The molecule has 0 saturated heterocycles. The number of allylic oxidation sites excluding steroid dienone is 1. The first-order valence-corrected chi connectivity index (χ1v) is 17.0. The van der Waals surface area contributed by atoms with E-state index in [-0.39, 0.29) is 11.7 Å². The number of amides is 1. The molecule has 6 N–H and O–H groups in total. The molecular weight excluding hydrogens is 644 g/mol. The van der Waals surface area contributed by atoms with E-state index in [4.69, 9.17) is 9.47 Å². The summed E-state index contributed by atoms with van der Waals surface area (Å²) in [6.07, 6.45) is 3.09. The molecule has 5 aromatic rings. The van der Waals surface area contributed by atoms with Crippen LogP contribution in [-0.2, 0) is 16.0 Å². The topological polar surface area (TPSA) is 155 Å². The number of phenolic OH excluding ortho intramolecular Hbond substituents is 1. The van der Waals surface area contributed by atoms with E-state index in [1.807, 2.05) is 48.5 Å². The number of anilines is 5. The molecule has 0 bridgehead atoms. The van der Waals surface area contributed by atoms with Gasteiger partial charge in [0.15, 0.2) is 0 Å². The quantitative estimate of drug-likeness (QED) is 0.0393. The van der Waals surface area contributed by atoms with Crippen LogP contribution in [0.3, 0.4) is 0 Å². The molecule has 0 saturated carbocycles. The summed E-state index contributed by atoms with van der Waals surface area (Å²) in [6.45, 7) is 5.32. The first kappa shape index (κ1) is 36.3. The van der Waals surface area contributed by atoms with Gasteiger partial charge in [0.1, 0.15) is 5.75 Å². The van der Waals surface area contributed by atoms with Crippen LogP contribution in [0, 0.1) is 0 Å². The Morgan fingerprint density at radius 1 is 0.647 bits per heavy atom. The number of hydrogen-bond donors (Lipinski definition) is 6. The van der Waals surface area contributed by atoms with Gasteiger partial charge in [0.25, 0.3) is 5.91 Å². The van der Waals surface area contributed by atoms with Crippen molar-refractivity contribution < 1.29 is 19.4 Å². The number of rotatable bonds is 20. The van der Waals surface area contributed by atoms with Crippen molar-refractivity contribution in [3.8, 4) is 5.75 Å². The largest absolute Gasteiger partial charge is 0.508 e. The lowest BCUT2D eigenvalue weighted by molar-refractivity contribution is 0.0519. The van der Waals surface area contributed by atoms with Crippen molar-refractivity contribution in [2.75, 3.05) is 55.5 Å². The molecule has 12 nitrogen and oxygen atoms in total. The maximum Gasteiger partial charge on any atom is 0.251 e. The van der Waals surface area contributed by atoms with Gasteiger partial charge in [0.05, 0.1) is 26.4 Å². The predicted octanol–water partition coefficient (Wildman–Crippen LogP) is 6.48. The van der Waals surface area contributed by atoms with E-state index in [1.54, 1.807) is 36.4 Å². The zero-order valence-electron chi connectivity index (χ0n) is 28.6. The number of carbonyl (C=O) groups excluding carboxylic acids is 1. The maximum atomic E-state index is 12.1. The fourth-order valence-electron chi connectivity index (χ4n) is 4.88. The monoisotopic (exact) mass is 688 g/mol. The normalized spacial score (nSPS) is 11.1. The molecule has 0 unspecified atom stereocenters. The summed E-state index contributed by atoms with van der Waals surface area (Å²) in [4.78, 5) is 25.8. The van der Waals surface area contributed by atoms with E-state index in [1.165, 1.54) is 5.56 Å². The minimum Gasteiger partial charge on any atom is -0.508 e. The highest BCUT2D eigenvalue weighted by molar-refractivity contribution is 5.94. The highest BCUT2D eigenvalue weighted by Crippen LogP contribution is 2.22. The van der Waals surface area contributed by atoms with Crippen LogP contribution in [0.1, 0.15) is 34.8 Å². The van der Waals surface area contributed by atoms with Gasteiger partial charge < -0.3 is 41.2 Å². The number of nitrogens with zero attached hydrogens (tertiary/aromatic N) is 3. The molecule has 4 aromatic carbocycles. The Morgan fingerprint density at radius 3 is 1.84 bits per heavy atom. The molecule has 0 aliphatic carbocycles. The highest BCUT2D eigenvalue weighted by atomic mass is 16.5. The van der Waals surface area contributed by atoms with Gasteiger partial charge in [-0.25, -0.2) is 0 Å². The number of phenols is 1. The molecule has 0 fully saturated rings. The zero-order valence-corrected chi connectivity index (χ0v) is 28.6. The van der Waals surface area contributed by atoms with Crippen LogP contribution in [0.4, 0.5) is 29.2 Å². The Balaban J connectivity index is 1.12. The molecule has 0 atom stereocenters. The Bertz CT molecular complexity index is 1810. The van der Waals surface area contributed by atoms with Crippen molar-refractivity contribution in [2.24, 2.45) is 0 Å². The Hall–Kier alpha value is -5.98. The van der Waals surface area contributed by atoms with Crippen LogP contribution >= 0.6 is 0 Å². The number of nitrogens with one attached hydrogen (secondary N) is 5. The van der Waals surface area contributed by atoms with E-state index in [0.717, 1.165) is 29.9 Å². The molecule has 0 aliphatic rings. The molecule has 51 heavy (non-hydrogen) atoms. The van der Waals surface area contributed by atoms with Crippen LogP contribution in [0.25, 0.3) is 5.70 Å². The van der Waals surface area contributed by atoms with E-state index in [2.05, 4.69) is 78.8 Å². The second-order valence-electron chi connectivity index (χ2n) is 11.3. The van der Waals surface area contributed by atoms with Gasteiger partial charge in [-0.15, -0.1) is 0 Å². The number of carbonyl (C=O) groups is 1. The molecule has 264 valence electrons. The molecule has 12 heteroatoms. The van der Waals surface area contributed by atoms with E-state index < -0.39 is 0 Å². The Labute approximate surface area is 298 Å². The van der Waals surface area contributed by atoms with Gasteiger partial charge in [-0.05, 0) is 66.1 Å². The molecule has 1 aromatic heterocycles. The van der Waals surface area contributed by atoms with Crippen LogP contribution in [0.15, 0.2) is 115 Å². The number of aromatic nitrogens is 3. The van der Waals surface area contributed by atoms with Gasteiger partial charge in [-0.2, -0.15) is 15.0 Å². The lowest BCUT2D eigenvalue weighted by Crippen LogP contribution is -2.27.